The van der Waals surface area contributed by atoms with Crippen LogP contribution in [-0.2, 0) is 0 Å². The highest BCUT2D eigenvalue weighted by Gasteiger charge is 2.19. The van der Waals surface area contributed by atoms with Crippen molar-refractivity contribution in [3.8, 4) is 0 Å². The van der Waals surface area contributed by atoms with Crippen LogP contribution in [0, 0.1) is 15.2 Å². The number of aliphatic hydroxyl groups is 1. The van der Waals surface area contributed by atoms with Gasteiger partial charge in [-0.2, -0.15) is 0 Å². The van der Waals surface area contributed by atoms with E-state index >= 15 is 0 Å². The Bertz CT molecular complexity index is 589. The summed E-state index contributed by atoms with van der Waals surface area (Å²) in [4.78, 5) is 0. The summed E-state index contributed by atoms with van der Waals surface area (Å²) < 4.78 is 27.7. The van der Waals surface area contributed by atoms with Gasteiger partial charge in [0, 0.05) is 9.13 Å². The van der Waals surface area contributed by atoms with Crippen LogP contribution in [0.15, 0.2) is 40.9 Å². The van der Waals surface area contributed by atoms with Gasteiger partial charge in [0.1, 0.15) is 17.7 Å². The quantitative estimate of drug-likeness (QED) is 0.708. The van der Waals surface area contributed by atoms with Gasteiger partial charge in [0.15, 0.2) is 0 Å². The average molecular weight is 425 g/mol. The van der Waals surface area contributed by atoms with Gasteiger partial charge in [0.25, 0.3) is 0 Å². The van der Waals surface area contributed by atoms with Crippen molar-refractivity contribution in [2.24, 2.45) is 0 Å². The van der Waals surface area contributed by atoms with Gasteiger partial charge in [-0.15, -0.1) is 0 Å². The molecule has 0 amide bonds. The number of rotatable bonds is 2. The maximum absolute atomic E-state index is 13.9. The third kappa shape index (κ3) is 2.73. The highest BCUT2D eigenvalue weighted by molar-refractivity contribution is 14.1. The van der Waals surface area contributed by atoms with Gasteiger partial charge in [-0.25, -0.2) is 8.78 Å². The Morgan fingerprint density at radius 3 is 2.50 bits per heavy atom. The smallest absolute Gasteiger partial charge is 0.143 e. The Balaban J connectivity index is 2.48. The number of halogens is 4. The lowest BCUT2D eigenvalue weighted by molar-refractivity contribution is 0.213. The van der Waals surface area contributed by atoms with Crippen LogP contribution in [0.3, 0.4) is 0 Å². The minimum Gasteiger partial charge on any atom is -0.384 e. The molecule has 1 nitrogen and oxygen atoms in total. The van der Waals surface area contributed by atoms with E-state index in [2.05, 4.69) is 15.9 Å². The second kappa shape index (κ2) is 5.63. The second-order valence-corrected chi connectivity index (χ2v) is 5.73. The Kier molecular flexibility index (Phi) is 4.34. The first kappa shape index (κ1) is 13.9. The Morgan fingerprint density at radius 2 is 1.83 bits per heavy atom. The molecule has 2 aromatic carbocycles. The van der Waals surface area contributed by atoms with E-state index in [4.69, 9.17) is 0 Å². The SMILES string of the molecule is OC(c1ccc(F)cc1I)c1cccc(Br)c1F. The molecule has 2 rings (SSSR count). The second-order valence-electron chi connectivity index (χ2n) is 3.71. The standard InChI is InChI=1S/C13H8BrF2IO/c14-10-3-1-2-9(12(10)16)13(18)8-5-4-7(15)6-11(8)17/h1-6,13,18H. The van der Waals surface area contributed by atoms with Crippen molar-refractivity contribution in [1.29, 1.82) is 0 Å². The molecule has 0 fully saturated rings. The molecule has 0 saturated heterocycles. The first-order valence-corrected chi connectivity index (χ1v) is 6.95. The summed E-state index contributed by atoms with van der Waals surface area (Å²) in [5.41, 5.74) is 0.642. The normalized spacial score (nSPS) is 12.5. The Morgan fingerprint density at radius 1 is 1.11 bits per heavy atom. The number of hydrogen-bond acceptors (Lipinski definition) is 1. The lowest BCUT2D eigenvalue weighted by Gasteiger charge is -2.14. The van der Waals surface area contributed by atoms with E-state index < -0.39 is 11.9 Å². The number of hydrogen-bond donors (Lipinski definition) is 1. The molecule has 1 unspecified atom stereocenters. The minimum absolute atomic E-state index is 0.161. The Hall–Kier alpha value is -0.530. The minimum atomic E-state index is -1.12. The predicted octanol–water partition coefficient (Wildman–Crippen LogP) is 4.41. The first-order valence-electron chi connectivity index (χ1n) is 5.07. The zero-order chi connectivity index (χ0) is 13.3. The van der Waals surface area contributed by atoms with E-state index in [1.807, 2.05) is 22.6 Å². The highest BCUT2D eigenvalue weighted by Crippen LogP contribution is 2.30. The van der Waals surface area contributed by atoms with Crippen molar-refractivity contribution in [2.75, 3.05) is 0 Å². The summed E-state index contributed by atoms with van der Waals surface area (Å²) in [5, 5.41) is 10.2. The largest absolute Gasteiger partial charge is 0.384 e. The predicted molar refractivity (Wildman–Crippen MR) is 77.3 cm³/mol. The van der Waals surface area contributed by atoms with Crippen molar-refractivity contribution in [3.05, 3.63) is 67.2 Å². The molecule has 1 atom stereocenters. The molecule has 0 aromatic heterocycles. The number of benzene rings is 2. The summed E-state index contributed by atoms with van der Waals surface area (Å²) in [6, 6.07) is 8.71. The molecule has 0 spiro atoms. The summed E-state index contributed by atoms with van der Waals surface area (Å²) in [5.74, 6) is -0.893. The van der Waals surface area contributed by atoms with Gasteiger partial charge in [0.05, 0.1) is 4.47 Å². The summed E-state index contributed by atoms with van der Waals surface area (Å²) in [6.45, 7) is 0. The summed E-state index contributed by atoms with van der Waals surface area (Å²) in [6.07, 6.45) is -1.12. The zero-order valence-corrected chi connectivity index (χ0v) is 12.7. The molecule has 0 aliphatic heterocycles. The third-order valence-corrected chi connectivity index (χ3v) is 4.08. The topological polar surface area (TPSA) is 20.2 Å². The van der Waals surface area contributed by atoms with Crippen LogP contribution in [0.1, 0.15) is 17.2 Å². The maximum atomic E-state index is 13.9. The van der Waals surface area contributed by atoms with Crippen molar-refractivity contribution in [2.45, 2.75) is 6.10 Å². The van der Waals surface area contributed by atoms with Crippen LogP contribution in [0.4, 0.5) is 8.78 Å². The molecule has 0 radical (unpaired) electrons. The van der Waals surface area contributed by atoms with Crippen molar-refractivity contribution < 1.29 is 13.9 Å². The lowest BCUT2D eigenvalue weighted by atomic mass is 10.0. The van der Waals surface area contributed by atoms with Crippen LogP contribution in [0.2, 0.25) is 0 Å². The molecular formula is C13H8BrF2IO. The zero-order valence-electron chi connectivity index (χ0n) is 9.00. The molecule has 1 N–H and O–H groups in total. The Labute approximate surface area is 125 Å². The summed E-state index contributed by atoms with van der Waals surface area (Å²) >= 11 is 4.98. The van der Waals surface area contributed by atoms with Crippen molar-refractivity contribution in [1.82, 2.24) is 0 Å². The fourth-order valence-electron chi connectivity index (χ4n) is 1.62. The monoisotopic (exact) mass is 424 g/mol. The maximum Gasteiger partial charge on any atom is 0.143 e. The van der Waals surface area contributed by atoms with Crippen LogP contribution >= 0.6 is 38.5 Å². The lowest BCUT2D eigenvalue weighted by Crippen LogP contribution is -2.05. The van der Waals surface area contributed by atoms with Crippen molar-refractivity contribution >= 4 is 38.5 Å². The van der Waals surface area contributed by atoms with E-state index in [0.717, 1.165) is 0 Å². The van der Waals surface area contributed by atoms with E-state index in [9.17, 15) is 13.9 Å². The molecule has 0 bridgehead atoms. The number of aliphatic hydroxyl groups excluding tert-OH is 1. The van der Waals surface area contributed by atoms with Crippen LogP contribution in [-0.4, -0.2) is 5.11 Å². The van der Waals surface area contributed by atoms with E-state index in [1.54, 1.807) is 12.1 Å². The van der Waals surface area contributed by atoms with Gasteiger partial charge >= 0.3 is 0 Å². The summed E-state index contributed by atoms with van der Waals surface area (Å²) in [7, 11) is 0. The van der Waals surface area contributed by atoms with Gasteiger partial charge in [0.2, 0.25) is 0 Å². The fourth-order valence-corrected chi connectivity index (χ4v) is 2.78. The third-order valence-electron chi connectivity index (χ3n) is 2.53. The van der Waals surface area contributed by atoms with Crippen molar-refractivity contribution in [3.63, 3.8) is 0 Å². The molecular weight excluding hydrogens is 417 g/mol. The molecule has 2 aromatic rings. The van der Waals surface area contributed by atoms with Crippen LogP contribution < -0.4 is 0 Å². The molecule has 0 aliphatic rings. The van der Waals surface area contributed by atoms with Gasteiger partial charge < -0.3 is 5.11 Å². The molecule has 0 saturated carbocycles. The highest BCUT2D eigenvalue weighted by atomic mass is 127. The fraction of sp³-hybridized carbons (Fsp3) is 0.0769. The van der Waals surface area contributed by atoms with Crippen LogP contribution in [0.25, 0.3) is 0 Å². The van der Waals surface area contributed by atoms with E-state index in [0.29, 0.717) is 9.13 Å². The van der Waals surface area contributed by atoms with Crippen LogP contribution in [0.5, 0.6) is 0 Å². The average Bonchev–Trinajstić information content (AvgIpc) is 2.32. The molecule has 5 heteroatoms. The first-order chi connectivity index (χ1) is 8.50. The van der Waals surface area contributed by atoms with Gasteiger partial charge in [-0.1, -0.05) is 18.2 Å². The molecule has 94 valence electrons. The molecule has 0 aliphatic carbocycles. The van der Waals surface area contributed by atoms with Gasteiger partial charge in [-0.3, -0.25) is 0 Å². The van der Waals surface area contributed by atoms with Gasteiger partial charge in [-0.05, 0) is 62.3 Å². The van der Waals surface area contributed by atoms with E-state index in [-0.39, 0.29) is 15.9 Å². The van der Waals surface area contributed by atoms with E-state index in [1.165, 1.54) is 24.3 Å². The molecule has 0 heterocycles. The molecule has 18 heavy (non-hydrogen) atoms.